The highest BCUT2D eigenvalue weighted by Gasteiger charge is 2.55. The molecular formula is C25H28N4O4. The van der Waals surface area contributed by atoms with E-state index in [1.165, 1.54) is 0 Å². The number of hydrogen-bond acceptors (Lipinski definition) is 5. The number of carbonyl (C=O) groups excluding carboxylic acids is 2. The molecule has 0 bridgehead atoms. The van der Waals surface area contributed by atoms with Crippen LogP contribution >= 0.6 is 0 Å². The zero-order chi connectivity index (χ0) is 23.3. The van der Waals surface area contributed by atoms with E-state index in [9.17, 15) is 14.7 Å². The van der Waals surface area contributed by atoms with Crippen LogP contribution < -0.4 is 10.1 Å². The lowest BCUT2D eigenvalue weighted by atomic mass is 9.78. The van der Waals surface area contributed by atoms with E-state index >= 15 is 0 Å². The molecule has 3 aromatic rings. The normalized spacial score (nSPS) is 22.5. The number of H-pyrrole nitrogens is 1. The Balaban J connectivity index is 1.73. The summed E-state index contributed by atoms with van der Waals surface area (Å²) in [6.07, 6.45) is 0.394. The number of fused-ring (bicyclic) bond motifs is 4. The number of nitrogens with one attached hydrogen (secondary N) is 2. The van der Waals surface area contributed by atoms with Crippen LogP contribution in [0.5, 0.6) is 11.5 Å². The van der Waals surface area contributed by atoms with Crippen LogP contribution in [0.2, 0.25) is 0 Å². The van der Waals surface area contributed by atoms with Crippen LogP contribution in [0.4, 0.5) is 0 Å². The molecule has 33 heavy (non-hydrogen) atoms. The molecule has 1 saturated heterocycles. The number of piperazine rings is 1. The first-order valence-electron chi connectivity index (χ1n) is 11.1. The summed E-state index contributed by atoms with van der Waals surface area (Å²) in [6.45, 7) is 2.97. The summed E-state index contributed by atoms with van der Waals surface area (Å²) in [6, 6.07) is 12.2. The molecule has 8 heteroatoms. The Labute approximate surface area is 192 Å². The Hall–Kier alpha value is -3.52. The standard InChI is InChI=1S/C25H28N4O4/c1-25-13-19-18-12-17(33-3)7-8-20(18)27-22(19)23(15-5-4-6-16(30)11-15)29(25)21(31)14-28(24(25)32)10-9-26-2/h4-8,11-12,23,26-27,30H,9-10,13-14H2,1-3H3. The molecule has 2 unspecified atom stereocenters. The van der Waals surface area contributed by atoms with Gasteiger partial charge in [-0.15, -0.1) is 0 Å². The maximum Gasteiger partial charge on any atom is 0.249 e. The van der Waals surface area contributed by atoms with Crippen LogP contribution in [0.25, 0.3) is 10.9 Å². The first kappa shape index (κ1) is 21.3. The summed E-state index contributed by atoms with van der Waals surface area (Å²) >= 11 is 0. The molecule has 0 saturated carbocycles. The van der Waals surface area contributed by atoms with Crippen LogP contribution in [-0.4, -0.2) is 71.0 Å². The second-order valence-electron chi connectivity index (χ2n) is 8.97. The van der Waals surface area contributed by atoms with E-state index in [4.69, 9.17) is 4.74 Å². The minimum atomic E-state index is -1.05. The maximum atomic E-state index is 13.8. The van der Waals surface area contributed by atoms with Gasteiger partial charge in [0, 0.05) is 36.1 Å². The summed E-state index contributed by atoms with van der Waals surface area (Å²) in [5.41, 5.74) is 2.48. The Morgan fingerprint density at radius 3 is 2.79 bits per heavy atom. The number of aromatic nitrogens is 1. The van der Waals surface area contributed by atoms with Crippen molar-refractivity contribution in [3.8, 4) is 11.5 Å². The molecule has 0 spiro atoms. The fourth-order valence-electron chi connectivity index (χ4n) is 5.33. The van der Waals surface area contributed by atoms with Crippen LogP contribution in [0.1, 0.15) is 29.8 Å². The van der Waals surface area contributed by atoms with E-state index in [1.54, 1.807) is 35.1 Å². The summed E-state index contributed by atoms with van der Waals surface area (Å²) in [7, 11) is 3.45. The Bertz CT molecular complexity index is 1250. The van der Waals surface area contributed by atoms with E-state index in [-0.39, 0.29) is 24.1 Å². The summed E-state index contributed by atoms with van der Waals surface area (Å²) in [5.74, 6) is 0.673. The lowest BCUT2D eigenvalue weighted by Gasteiger charge is -2.53. The number of likely N-dealkylation sites (N-methyl/N-ethyl adjacent to an activating group) is 1. The third kappa shape index (κ3) is 3.24. The molecule has 3 N–H and O–H groups in total. The third-order valence-electron chi connectivity index (χ3n) is 6.89. The molecule has 5 rings (SSSR count). The minimum Gasteiger partial charge on any atom is -0.508 e. The molecule has 172 valence electrons. The number of carbonyl (C=O) groups is 2. The average Bonchev–Trinajstić information content (AvgIpc) is 3.16. The molecule has 1 fully saturated rings. The molecule has 3 heterocycles. The molecule has 8 nitrogen and oxygen atoms in total. The van der Waals surface area contributed by atoms with Gasteiger partial charge in [0.25, 0.3) is 0 Å². The zero-order valence-electron chi connectivity index (χ0n) is 19.0. The Morgan fingerprint density at radius 2 is 2.06 bits per heavy atom. The largest absolute Gasteiger partial charge is 0.508 e. The number of benzene rings is 2. The van der Waals surface area contributed by atoms with E-state index in [1.807, 2.05) is 38.2 Å². The van der Waals surface area contributed by atoms with Crippen molar-refractivity contribution < 1.29 is 19.4 Å². The van der Waals surface area contributed by atoms with Crippen molar-refractivity contribution in [2.45, 2.75) is 24.9 Å². The van der Waals surface area contributed by atoms with Gasteiger partial charge >= 0.3 is 0 Å². The van der Waals surface area contributed by atoms with Crippen molar-refractivity contribution in [3.63, 3.8) is 0 Å². The van der Waals surface area contributed by atoms with Gasteiger partial charge in [0.05, 0.1) is 19.7 Å². The first-order chi connectivity index (χ1) is 15.9. The minimum absolute atomic E-state index is 0.0365. The predicted molar refractivity (Wildman–Crippen MR) is 124 cm³/mol. The second kappa shape index (κ2) is 7.81. The Kier molecular flexibility index (Phi) is 5.05. The van der Waals surface area contributed by atoms with Crippen LogP contribution in [0.3, 0.4) is 0 Å². The maximum absolute atomic E-state index is 13.8. The lowest BCUT2D eigenvalue weighted by molar-refractivity contribution is -0.167. The number of aromatic amines is 1. The quantitative estimate of drug-likeness (QED) is 0.556. The molecule has 2 aliphatic rings. The predicted octanol–water partition coefficient (Wildman–Crippen LogP) is 2.18. The molecule has 2 aromatic carbocycles. The smallest absolute Gasteiger partial charge is 0.249 e. The Morgan fingerprint density at radius 1 is 1.24 bits per heavy atom. The van der Waals surface area contributed by atoms with Crippen molar-refractivity contribution in [3.05, 3.63) is 59.3 Å². The van der Waals surface area contributed by atoms with Crippen LogP contribution in [0, 0.1) is 0 Å². The van der Waals surface area contributed by atoms with Crippen LogP contribution in [0.15, 0.2) is 42.5 Å². The van der Waals surface area contributed by atoms with Gasteiger partial charge in [-0.05, 0) is 55.4 Å². The lowest BCUT2D eigenvalue weighted by Crippen LogP contribution is -2.70. The molecule has 2 amide bonds. The van der Waals surface area contributed by atoms with Gasteiger partial charge in [-0.1, -0.05) is 12.1 Å². The molecule has 2 atom stereocenters. The number of ether oxygens (including phenoxy) is 1. The molecular weight excluding hydrogens is 420 g/mol. The van der Waals surface area contributed by atoms with Gasteiger partial charge in [-0.25, -0.2) is 0 Å². The van der Waals surface area contributed by atoms with Gasteiger partial charge in [-0.2, -0.15) is 0 Å². The SMILES string of the molecule is CNCCN1CC(=O)N2C(c3cccc(O)c3)c3[nH]c4ccc(OC)cc4c3CC2(C)C1=O. The summed E-state index contributed by atoms with van der Waals surface area (Å²) in [5, 5.41) is 14.2. The number of hydrogen-bond donors (Lipinski definition) is 3. The highest BCUT2D eigenvalue weighted by Crippen LogP contribution is 2.47. The van der Waals surface area contributed by atoms with E-state index in [0.717, 1.165) is 33.5 Å². The molecule has 0 aliphatic carbocycles. The van der Waals surface area contributed by atoms with Gasteiger partial charge in [-0.3, -0.25) is 9.59 Å². The fourth-order valence-corrected chi connectivity index (χ4v) is 5.33. The zero-order valence-corrected chi connectivity index (χ0v) is 19.0. The number of methoxy groups -OCH3 is 1. The second-order valence-corrected chi connectivity index (χ2v) is 8.97. The highest BCUT2D eigenvalue weighted by atomic mass is 16.5. The van der Waals surface area contributed by atoms with Gasteiger partial charge in [0.1, 0.15) is 17.0 Å². The fraction of sp³-hybridized carbons (Fsp3) is 0.360. The van der Waals surface area contributed by atoms with Gasteiger partial charge < -0.3 is 29.9 Å². The first-order valence-corrected chi connectivity index (χ1v) is 11.1. The number of aromatic hydroxyl groups is 1. The van der Waals surface area contributed by atoms with Crippen LogP contribution in [-0.2, 0) is 16.0 Å². The average molecular weight is 449 g/mol. The number of phenols is 1. The summed E-state index contributed by atoms with van der Waals surface area (Å²) in [4.78, 5) is 34.2. The molecule has 0 radical (unpaired) electrons. The third-order valence-corrected chi connectivity index (χ3v) is 6.89. The molecule has 2 aliphatic heterocycles. The van der Waals surface area contributed by atoms with E-state index < -0.39 is 11.6 Å². The number of amides is 2. The number of rotatable bonds is 5. The highest BCUT2D eigenvalue weighted by molar-refractivity contribution is 6.00. The van der Waals surface area contributed by atoms with Crippen molar-refractivity contribution in [2.24, 2.45) is 0 Å². The number of phenolic OH excluding ortho intramolecular Hbond substituents is 1. The topological polar surface area (TPSA) is 97.9 Å². The summed E-state index contributed by atoms with van der Waals surface area (Å²) < 4.78 is 5.45. The molecule has 1 aromatic heterocycles. The van der Waals surface area contributed by atoms with Gasteiger partial charge in [0.2, 0.25) is 11.8 Å². The monoisotopic (exact) mass is 448 g/mol. The van der Waals surface area contributed by atoms with E-state index in [0.29, 0.717) is 19.5 Å². The van der Waals surface area contributed by atoms with Crippen molar-refractivity contribution in [1.82, 2.24) is 20.1 Å². The van der Waals surface area contributed by atoms with Crippen molar-refractivity contribution in [1.29, 1.82) is 0 Å². The van der Waals surface area contributed by atoms with E-state index in [2.05, 4.69) is 10.3 Å². The van der Waals surface area contributed by atoms with Gasteiger partial charge in [0.15, 0.2) is 0 Å². The number of nitrogens with zero attached hydrogens (tertiary/aromatic N) is 2. The van der Waals surface area contributed by atoms with Crippen molar-refractivity contribution >= 4 is 22.7 Å². The van der Waals surface area contributed by atoms with Crippen molar-refractivity contribution in [2.75, 3.05) is 33.8 Å².